The summed E-state index contributed by atoms with van der Waals surface area (Å²) in [5.41, 5.74) is 1.37. The molecule has 2 aromatic rings. The predicted molar refractivity (Wildman–Crippen MR) is 83.1 cm³/mol. The summed E-state index contributed by atoms with van der Waals surface area (Å²) >= 11 is 0. The third-order valence-electron chi connectivity index (χ3n) is 4.16. The van der Waals surface area contributed by atoms with Gasteiger partial charge in [-0.1, -0.05) is 0 Å². The highest BCUT2D eigenvalue weighted by molar-refractivity contribution is 6.44. The number of fused-ring (bicyclic) bond motifs is 1. The number of hydrogen-bond acceptors (Lipinski definition) is 4. The van der Waals surface area contributed by atoms with E-state index in [1.807, 2.05) is 0 Å². The van der Waals surface area contributed by atoms with Gasteiger partial charge in [-0.25, -0.2) is 0 Å². The standard InChI is InChI=1S/C16H17N3O3/c1-18-10-13(12-9-11(17-22)5-6-14(12)18)15(20)16(21)19-7-3-2-4-8-19/h5-6,9-10H,2-4,7-8H2,1H3. The van der Waals surface area contributed by atoms with Crippen LogP contribution in [0.3, 0.4) is 0 Å². The van der Waals surface area contributed by atoms with Crippen molar-refractivity contribution in [2.75, 3.05) is 13.1 Å². The number of hydrogen-bond donors (Lipinski definition) is 0. The number of carbonyl (C=O) groups is 2. The summed E-state index contributed by atoms with van der Waals surface area (Å²) < 4.78 is 1.78. The van der Waals surface area contributed by atoms with Crippen LogP contribution in [0.2, 0.25) is 0 Å². The van der Waals surface area contributed by atoms with E-state index in [9.17, 15) is 14.5 Å². The number of amides is 1. The molecule has 6 nitrogen and oxygen atoms in total. The highest BCUT2D eigenvalue weighted by atomic mass is 16.3. The van der Waals surface area contributed by atoms with Crippen LogP contribution in [0.1, 0.15) is 29.6 Å². The first kappa shape index (κ1) is 14.4. The average Bonchev–Trinajstić information content (AvgIpc) is 2.90. The summed E-state index contributed by atoms with van der Waals surface area (Å²) in [7, 11) is 1.80. The van der Waals surface area contributed by atoms with E-state index in [1.54, 1.807) is 40.9 Å². The molecule has 1 aromatic heterocycles. The second-order valence-corrected chi connectivity index (χ2v) is 5.63. The smallest absolute Gasteiger partial charge is 0.295 e. The Bertz CT molecular complexity index is 757. The number of aryl methyl sites for hydroxylation is 1. The quantitative estimate of drug-likeness (QED) is 0.497. The zero-order valence-electron chi connectivity index (χ0n) is 12.4. The molecule has 0 N–H and O–H groups in total. The Balaban J connectivity index is 1.99. The Kier molecular flexibility index (Phi) is 3.75. The number of nitroso groups, excluding NO2 is 1. The normalized spacial score (nSPS) is 15.0. The minimum absolute atomic E-state index is 0.248. The van der Waals surface area contributed by atoms with Crippen molar-refractivity contribution in [2.45, 2.75) is 19.3 Å². The molecule has 1 fully saturated rings. The Morgan fingerprint density at radius 2 is 1.86 bits per heavy atom. The van der Waals surface area contributed by atoms with E-state index in [4.69, 9.17) is 0 Å². The molecule has 1 saturated heterocycles. The van der Waals surface area contributed by atoms with Crippen LogP contribution in [0.25, 0.3) is 10.9 Å². The molecule has 0 saturated carbocycles. The van der Waals surface area contributed by atoms with Gasteiger partial charge in [0.2, 0.25) is 0 Å². The van der Waals surface area contributed by atoms with E-state index < -0.39 is 11.7 Å². The highest BCUT2D eigenvalue weighted by Gasteiger charge is 2.27. The lowest BCUT2D eigenvalue weighted by molar-refractivity contribution is -0.127. The fourth-order valence-corrected chi connectivity index (χ4v) is 2.97. The van der Waals surface area contributed by atoms with Gasteiger partial charge in [-0.05, 0) is 42.6 Å². The van der Waals surface area contributed by atoms with Crippen LogP contribution in [0, 0.1) is 4.91 Å². The van der Waals surface area contributed by atoms with E-state index in [-0.39, 0.29) is 5.69 Å². The topological polar surface area (TPSA) is 71.7 Å². The van der Waals surface area contributed by atoms with Crippen molar-refractivity contribution in [2.24, 2.45) is 12.2 Å². The van der Waals surface area contributed by atoms with Crippen molar-refractivity contribution in [3.05, 3.63) is 34.9 Å². The average molecular weight is 299 g/mol. The number of Topliss-reactive ketones (excluding diaryl/α,β-unsaturated/α-hetero) is 1. The molecule has 114 valence electrons. The van der Waals surface area contributed by atoms with Gasteiger partial charge < -0.3 is 9.47 Å². The van der Waals surface area contributed by atoms with Gasteiger partial charge in [-0.2, -0.15) is 0 Å². The van der Waals surface area contributed by atoms with Gasteiger partial charge >= 0.3 is 0 Å². The molecule has 0 spiro atoms. The highest BCUT2D eigenvalue weighted by Crippen LogP contribution is 2.26. The SMILES string of the molecule is Cn1cc(C(=O)C(=O)N2CCCCC2)c2cc(N=O)ccc21. The summed E-state index contributed by atoms with van der Waals surface area (Å²) in [6.07, 6.45) is 4.62. The van der Waals surface area contributed by atoms with Gasteiger partial charge in [-0.3, -0.25) is 9.59 Å². The maximum absolute atomic E-state index is 12.6. The van der Waals surface area contributed by atoms with Crippen molar-refractivity contribution in [1.82, 2.24) is 9.47 Å². The minimum Gasteiger partial charge on any atom is -0.350 e. The van der Waals surface area contributed by atoms with Crippen LogP contribution in [0.4, 0.5) is 5.69 Å². The van der Waals surface area contributed by atoms with Gasteiger partial charge in [0.15, 0.2) is 0 Å². The molecule has 0 bridgehead atoms. The summed E-state index contributed by atoms with van der Waals surface area (Å²) in [4.78, 5) is 37.3. The Morgan fingerprint density at radius 1 is 1.14 bits per heavy atom. The van der Waals surface area contributed by atoms with Gasteiger partial charge in [0.1, 0.15) is 5.69 Å². The molecule has 22 heavy (non-hydrogen) atoms. The number of nitrogens with zero attached hydrogens (tertiary/aromatic N) is 3. The third-order valence-corrected chi connectivity index (χ3v) is 4.16. The maximum Gasteiger partial charge on any atom is 0.295 e. The zero-order chi connectivity index (χ0) is 15.7. The molecule has 1 aliphatic rings. The van der Waals surface area contributed by atoms with Crippen LogP contribution in [-0.2, 0) is 11.8 Å². The van der Waals surface area contributed by atoms with Crippen LogP contribution in [0.15, 0.2) is 29.6 Å². The Labute approximate surface area is 127 Å². The third kappa shape index (κ3) is 2.41. The fraction of sp³-hybridized carbons (Fsp3) is 0.375. The molecule has 1 aromatic carbocycles. The molecular formula is C16H17N3O3. The fourth-order valence-electron chi connectivity index (χ4n) is 2.97. The lowest BCUT2D eigenvalue weighted by Gasteiger charge is -2.25. The second kappa shape index (κ2) is 5.71. The maximum atomic E-state index is 12.6. The number of rotatable bonds is 3. The van der Waals surface area contributed by atoms with E-state index in [2.05, 4.69) is 5.18 Å². The Hall–Kier alpha value is -2.50. The first-order valence-electron chi connectivity index (χ1n) is 7.38. The predicted octanol–water partition coefficient (Wildman–Crippen LogP) is 2.77. The van der Waals surface area contributed by atoms with E-state index in [1.165, 1.54) is 0 Å². The number of carbonyl (C=O) groups excluding carboxylic acids is 2. The number of likely N-dealkylation sites (tertiary alicyclic amines) is 1. The largest absolute Gasteiger partial charge is 0.350 e. The summed E-state index contributed by atoms with van der Waals surface area (Å²) in [6, 6.07) is 4.88. The molecule has 0 aliphatic carbocycles. The molecule has 0 unspecified atom stereocenters. The van der Waals surface area contributed by atoms with Crippen molar-refractivity contribution in [1.29, 1.82) is 0 Å². The molecule has 0 radical (unpaired) electrons. The van der Waals surface area contributed by atoms with Crippen molar-refractivity contribution in [3.8, 4) is 0 Å². The van der Waals surface area contributed by atoms with Crippen molar-refractivity contribution < 1.29 is 9.59 Å². The molecule has 1 aliphatic heterocycles. The number of benzene rings is 1. The first-order valence-corrected chi connectivity index (χ1v) is 7.38. The molecule has 6 heteroatoms. The molecular weight excluding hydrogens is 282 g/mol. The lowest BCUT2D eigenvalue weighted by Crippen LogP contribution is -2.40. The van der Waals surface area contributed by atoms with Crippen LogP contribution < -0.4 is 0 Å². The zero-order valence-corrected chi connectivity index (χ0v) is 12.4. The van der Waals surface area contributed by atoms with E-state index >= 15 is 0 Å². The minimum atomic E-state index is -0.518. The van der Waals surface area contributed by atoms with Crippen LogP contribution in [-0.4, -0.2) is 34.2 Å². The first-order chi connectivity index (χ1) is 10.6. The second-order valence-electron chi connectivity index (χ2n) is 5.63. The summed E-state index contributed by atoms with van der Waals surface area (Å²) in [5.74, 6) is -0.979. The van der Waals surface area contributed by atoms with Crippen LogP contribution >= 0.6 is 0 Å². The number of piperidine rings is 1. The van der Waals surface area contributed by atoms with Crippen LogP contribution in [0.5, 0.6) is 0 Å². The molecule has 1 amide bonds. The van der Waals surface area contributed by atoms with Gasteiger partial charge in [0.05, 0.1) is 5.56 Å². The van der Waals surface area contributed by atoms with E-state index in [0.29, 0.717) is 24.0 Å². The number of ketones is 1. The summed E-state index contributed by atoms with van der Waals surface area (Å²) in [6.45, 7) is 1.27. The van der Waals surface area contributed by atoms with Crippen molar-refractivity contribution >= 4 is 28.3 Å². The Morgan fingerprint density at radius 3 is 2.55 bits per heavy atom. The van der Waals surface area contributed by atoms with E-state index in [0.717, 1.165) is 24.8 Å². The van der Waals surface area contributed by atoms with Crippen molar-refractivity contribution in [3.63, 3.8) is 0 Å². The monoisotopic (exact) mass is 299 g/mol. The van der Waals surface area contributed by atoms with Gasteiger partial charge in [-0.15, -0.1) is 4.91 Å². The summed E-state index contributed by atoms with van der Waals surface area (Å²) in [5, 5.41) is 3.49. The van der Waals surface area contributed by atoms with Gasteiger partial charge in [0, 0.05) is 37.2 Å². The van der Waals surface area contributed by atoms with Gasteiger partial charge in [0.25, 0.3) is 11.7 Å². The molecule has 3 rings (SSSR count). The lowest BCUT2D eigenvalue weighted by atomic mass is 10.1. The number of aromatic nitrogens is 1. The molecule has 0 atom stereocenters. The molecule has 2 heterocycles.